The normalized spacial score (nSPS) is 11.1. The van der Waals surface area contributed by atoms with E-state index in [1.54, 1.807) is 6.33 Å². The Labute approximate surface area is 82.4 Å². The number of ketones is 1. The van der Waals surface area contributed by atoms with Crippen LogP contribution in [-0.4, -0.2) is 15.2 Å². The number of aromatic nitrogens is 2. The number of hydrogen-bond donors (Lipinski definition) is 0. The molecule has 3 heteroatoms. The Balaban J connectivity index is 2.58. The number of carbonyl (C=O) groups excluding carboxylic acids is 1. The summed E-state index contributed by atoms with van der Waals surface area (Å²) in [5.74, 6) is 0.0904. The van der Waals surface area contributed by atoms with Crippen molar-refractivity contribution in [3.05, 3.63) is 36.4 Å². The highest BCUT2D eigenvalue weighted by molar-refractivity contribution is 6.01. The summed E-state index contributed by atoms with van der Waals surface area (Å²) in [4.78, 5) is 15.9. The van der Waals surface area contributed by atoms with E-state index < -0.39 is 0 Å². The highest BCUT2D eigenvalue weighted by Gasteiger charge is 2.15. The molecule has 0 aliphatic heterocycles. The zero-order valence-electron chi connectivity index (χ0n) is 8.27. The summed E-state index contributed by atoms with van der Waals surface area (Å²) in [7, 11) is 0. The minimum absolute atomic E-state index is 0.00564. The summed E-state index contributed by atoms with van der Waals surface area (Å²) in [6.45, 7) is 3.77. The maximum atomic E-state index is 11.7. The number of pyridine rings is 1. The highest BCUT2D eigenvalue weighted by Crippen LogP contribution is 2.13. The lowest BCUT2D eigenvalue weighted by Gasteiger charge is -2.00. The molecule has 0 aliphatic carbocycles. The molecule has 2 aromatic rings. The molecule has 14 heavy (non-hydrogen) atoms. The Morgan fingerprint density at radius 2 is 2.21 bits per heavy atom. The Morgan fingerprint density at radius 1 is 1.43 bits per heavy atom. The zero-order chi connectivity index (χ0) is 10.1. The van der Waals surface area contributed by atoms with Gasteiger partial charge in [-0.1, -0.05) is 19.9 Å². The van der Waals surface area contributed by atoms with Crippen LogP contribution in [0.4, 0.5) is 0 Å². The van der Waals surface area contributed by atoms with Crippen LogP contribution < -0.4 is 0 Å². The highest BCUT2D eigenvalue weighted by atomic mass is 16.1. The molecule has 0 unspecified atom stereocenters. The van der Waals surface area contributed by atoms with E-state index in [-0.39, 0.29) is 11.7 Å². The molecule has 0 atom stereocenters. The Hall–Kier alpha value is -1.64. The fraction of sp³-hybridized carbons (Fsp3) is 0.273. The minimum atomic E-state index is -0.00564. The maximum absolute atomic E-state index is 11.7. The van der Waals surface area contributed by atoms with Crippen LogP contribution in [0.15, 0.2) is 30.7 Å². The first kappa shape index (κ1) is 8.94. The fourth-order valence-corrected chi connectivity index (χ4v) is 1.41. The van der Waals surface area contributed by atoms with E-state index in [2.05, 4.69) is 4.98 Å². The first-order chi connectivity index (χ1) is 6.70. The standard InChI is InChI=1S/C11H12N2O/c1-8(2)11(14)10-9-5-3-4-6-13(9)7-12-10/h3-8H,1-2H3. The number of carbonyl (C=O) groups is 1. The summed E-state index contributed by atoms with van der Waals surface area (Å²) in [5.41, 5.74) is 1.45. The van der Waals surface area contributed by atoms with Gasteiger partial charge in [-0.05, 0) is 12.1 Å². The van der Waals surface area contributed by atoms with E-state index in [1.165, 1.54) is 0 Å². The molecule has 0 amide bonds. The van der Waals surface area contributed by atoms with E-state index in [1.807, 2.05) is 42.6 Å². The molecule has 0 spiro atoms. The summed E-state index contributed by atoms with van der Waals surface area (Å²) in [6.07, 6.45) is 3.56. The van der Waals surface area contributed by atoms with Crippen molar-refractivity contribution in [2.75, 3.05) is 0 Å². The van der Waals surface area contributed by atoms with Crippen LogP contribution in [0.2, 0.25) is 0 Å². The molecule has 0 N–H and O–H groups in total. The van der Waals surface area contributed by atoms with Gasteiger partial charge in [0.15, 0.2) is 5.78 Å². The van der Waals surface area contributed by atoms with Gasteiger partial charge in [0.05, 0.1) is 5.52 Å². The molecule has 0 radical (unpaired) electrons. The lowest BCUT2D eigenvalue weighted by molar-refractivity contribution is 0.0936. The van der Waals surface area contributed by atoms with E-state index in [0.717, 1.165) is 5.52 Å². The molecule has 2 aromatic heterocycles. The third kappa shape index (κ3) is 1.31. The smallest absolute Gasteiger partial charge is 0.185 e. The molecule has 0 saturated heterocycles. The molecular formula is C11H12N2O. The van der Waals surface area contributed by atoms with Crippen LogP contribution in [0.1, 0.15) is 24.3 Å². The summed E-state index contributed by atoms with van der Waals surface area (Å²) < 4.78 is 1.86. The average Bonchev–Trinajstić information content (AvgIpc) is 2.60. The van der Waals surface area contributed by atoms with Crippen molar-refractivity contribution in [2.24, 2.45) is 5.92 Å². The van der Waals surface area contributed by atoms with Crippen LogP contribution in [-0.2, 0) is 0 Å². The largest absolute Gasteiger partial charge is 0.306 e. The first-order valence-electron chi connectivity index (χ1n) is 4.66. The second kappa shape index (κ2) is 3.25. The first-order valence-corrected chi connectivity index (χ1v) is 4.66. The van der Waals surface area contributed by atoms with E-state index in [0.29, 0.717) is 5.69 Å². The number of hydrogen-bond acceptors (Lipinski definition) is 2. The summed E-state index contributed by atoms with van der Waals surface area (Å²) in [5, 5.41) is 0. The molecule has 0 saturated carbocycles. The Kier molecular flexibility index (Phi) is 2.08. The number of rotatable bonds is 2. The van der Waals surface area contributed by atoms with Gasteiger partial charge in [0.25, 0.3) is 0 Å². The second-order valence-electron chi connectivity index (χ2n) is 3.61. The molecule has 72 valence electrons. The quantitative estimate of drug-likeness (QED) is 0.677. The van der Waals surface area contributed by atoms with Crippen molar-refractivity contribution in [1.82, 2.24) is 9.38 Å². The van der Waals surface area contributed by atoms with Gasteiger partial charge in [-0.25, -0.2) is 4.98 Å². The predicted octanol–water partition coefficient (Wildman–Crippen LogP) is 2.17. The zero-order valence-corrected chi connectivity index (χ0v) is 8.27. The topological polar surface area (TPSA) is 34.4 Å². The van der Waals surface area contributed by atoms with Gasteiger partial charge in [-0.15, -0.1) is 0 Å². The summed E-state index contributed by atoms with van der Waals surface area (Å²) >= 11 is 0. The number of nitrogens with zero attached hydrogens (tertiary/aromatic N) is 2. The van der Waals surface area contributed by atoms with Gasteiger partial charge in [0.1, 0.15) is 12.0 Å². The Morgan fingerprint density at radius 3 is 2.93 bits per heavy atom. The average molecular weight is 188 g/mol. The van der Waals surface area contributed by atoms with Gasteiger partial charge >= 0.3 is 0 Å². The van der Waals surface area contributed by atoms with E-state index in [9.17, 15) is 4.79 Å². The van der Waals surface area contributed by atoms with E-state index in [4.69, 9.17) is 0 Å². The van der Waals surface area contributed by atoms with Crippen LogP contribution in [0.3, 0.4) is 0 Å². The third-order valence-corrected chi connectivity index (χ3v) is 2.20. The lowest BCUT2D eigenvalue weighted by Crippen LogP contribution is -2.08. The van der Waals surface area contributed by atoms with Crippen molar-refractivity contribution in [3.63, 3.8) is 0 Å². The SMILES string of the molecule is CC(C)C(=O)c1ncn2ccccc12. The van der Waals surface area contributed by atoms with Gasteiger partial charge < -0.3 is 4.40 Å². The molecule has 2 heterocycles. The van der Waals surface area contributed by atoms with Gasteiger partial charge in [0.2, 0.25) is 0 Å². The van der Waals surface area contributed by atoms with Gasteiger partial charge in [-0.3, -0.25) is 4.79 Å². The lowest BCUT2D eigenvalue weighted by atomic mass is 10.1. The van der Waals surface area contributed by atoms with Crippen LogP contribution >= 0.6 is 0 Å². The van der Waals surface area contributed by atoms with Crippen molar-refractivity contribution >= 4 is 11.3 Å². The third-order valence-electron chi connectivity index (χ3n) is 2.20. The minimum Gasteiger partial charge on any atom is -0.306 e. The van der Waals surface area contributed by atoms with Crippen LogP contribution in [0.5, 0.6) is 0 Å². The van der Waals surface area contributed by atoms with Crippen LogP contribution in [0.25, 0.3) is 5.52 Å². The predicted molar refractivity (Wildman–Crippen MR) is 54.4 cm³/mol. The van der Waals surface area contributed by atoms with Crippen molar-refractivity contribution < 1.29 is 4.79 Å². The van der Waals surface area contributed by atoms with Gasteiger partial charge in [0, 0.05) is 12.1 Å². The van der Waals surface area contributed by atoms with Crippen molar-refractivity contribution in [2.45, 2.75) is 13.8 Å². The maximum Gasteiger partial charge on any atom is 0.185 e. The van der Waals surface area contributed by atoms with Crippen LogP contribution in [0, 0.1) is 5.92 Å². The van der Waals surface area contributed by atoms with Crippen molar-refractivity contribution in [1.29, 1.82) is 0 Å². The number of Topliss-reactive ketones (excluding diaryl/α,β-unsaturated/α-hetero) is 1. The monoisotopic (exact) mass is 188 g/mol. The fourth-order valence-electron chi connectivity index (χ4n) is 1.41. The molecule has 0 aromatic carbocycles. The van der Waals surface area contributed by atoms with Crippen molar-refractivity contribution in [3.8, 4) is 0 Å². The number of fused-ring (bicyclic) bond motifs is 1. The number of imidazole rings is 1. The molecular weight excluding hydrogens is 176 g/mol. The Bertz CT molecular complexity index is 471. The molecule has 3 nitrogen and oxygen atoms in total. The second-order valence-corrected chi connectivity index (χ2v) is 3.61. The summed E-state index contributed by atoms with van der Waals surface area (Å²) in [6, 6.07) is 5.73. The van der Waals surface area contributed by atoms with Gasteiger partial charge in [-0.2, -0.15) is 0 Å². The molecule has 0 aliphatic rings. The van der Waals surface area contributed by atoms with E-state index >= 15 is 0 Å². The molecule has 0 bridgehead atoms. The molecule has 0 fully saturated rings. The molecule has 2 rings (SSSR count).